The largest absolute Gasteiger partial charge is 0.497 e. The van der Waals surface area contributed by atoms with E-state index in [1.165, 1.54) is 4.90 Å². The van der Waals surface area contributed by atoms with E-state index in [-0.39, 0.29) is 41.4 Å². The number of carbonyl (C=O) groups excluding carboxylic acids is 3. The van der Waals surface area contributed by atoms with Crippen LogP contribution in [0.4, 0.5) is 11.4 Å². The van der Waals surface area contributed by atoms with Crippen LogP contribution in [0.1, 0.15) is 16.8 Å². The zero-order chi connectivity index (χ0) is 21.3. The van der Waals surface area contributed by atoms with Crippen LogP contribution in [0.5, 0.6) is 5.75 Å². The number of hydrogen-bond acceptors (Lipinski definition) is 4. The molecule has 6 nitrogen and oxygen atoms in total. The number of imide groups is 1. The Morgan fingerprint density at radius 1 is 0.968 bits per heavy atom. The second kappa shape index (κ2) is 6.54. The van der Waals surface area contributed by atoms with Gasteiger partial charge < -0.3 is 10.1 Å². The predicted molar refractivity (Wildman–Crippen MR) is 115 cm³/mol. The van der Waals surface area contributed by atoms with Crippen molar-refractivity contribution in [1.29, 1.82) is 0 Å². The number of nitrogens with zero attached hydrogens (tertiary/aromatic N) is 1. The summed E-state index contributed by atoms with van der Waals surface area (Å²) in [4.78, 5) is 40.7. The maximum Gasteiger partial charge on any atom is 0.255 e. The highest BCUT2D eigenvalue weighted by atomic mass is 16.5. The fraction of sp³-hybridized carbons (Fsp3) is 0.320. The standard InChI is InChI=1S/C25H22N2O4/c1-31-16-7-5-14(6-8-16)26-23(28)13-3-2-4-15(11-13)27-24(29)21-17-9-10-18(20-12-19(17)20)22(21)25(27)30/h2-11,17-22H,12H2,1H3,(H,26,28)/t17-,18-,19-,20-,21+,22+/m1/s1. The molecule has 2 saturated carbocycles. The Morgan fingerprint density at radius 2 is 1.61 bits per heavy atom. The van der Waals surface area contributed by atoms with E-state index in [4.69, 9.17) is 4.74 Å². The molecule has 31 heavy (non-hydrogen) atoms. The Kier molecular flexibility index (Phi) is 3.88. The lowest BCUT2D eigenvalue weighted by Gasteiger charge is -2.37. The highest BCUT2D eigenvalue weighted by Gasteiger charge is 2.67. The van der Waals surface area contributed by atoms with Crippen molar-refractivity contribution in [1.82, 2.24) is 0 Å². The van der Waals surface area contributed by atoms with Crippen LogP contribution in [0.2, 0.25) is 0 Å². The van der Waals surface area contributed by atoms with Crippen molar-refractivity contribution in [2.75, 3.05) is 17.3 Å². The van der Waals surface area contributed by atoms with Gasteiger partial charge in [-0.05, 0) is 72.6 Å². The molecule has 1 heterocycles. The molecule has 2 aromatic carbocycles. The van der Waals surface area contributed by atoms with E-state index < -0.39 is 0 Å². The van der Waals surface area contributed by atoms with Gasteiger partial charge in [0.05, 0.1) is 24.6 Å². The van der Waals surface area contributed by atoms with Crippen LogP contribution < -0.4 is 15.0 Å². The molecule has 1 saturated heterocycles. The SMILES string of the molecule is COc1ccc(NC(=O)c2cccc(N3C(=O)[C@H]4[C@@H]5C=C[C@H]([C@H]6C[C@H]56)[C@@H]4C3=O)c2)cc1. The van der Waals surface area contributed by atoms with Crippen LogP contribution in [0.15, 0.2) is 60.7 Å². The van der Waals surface area contributed by atoms with E-state index in [2.05, 4.69) is 17.5 Å². The monoisotopic (exact) mass is 414 g/mol. The third kappa shape index (κ3) is 2.67. The predicted octanol–water partition coefficient (Wildman–Crippen LogP) is 3.51. The van der Waals surface area contributed by atoms with Gasteiger partial charge in [-0.2, -0.15) is 0 Å². The maximum absolute atomic E-state index is 13.3. The Hall–Kier alpha value is -3.41. The number of hydrogen-bond donors (Lipinski definition) is 1. The van der Waals surface area contributed by atoms with Crippen LogP contribution >= 0.6 is 0 Å². The van der Waals surface area contributed by atoms with Gasteiger partial charge in [0, 0.05) is 11.3 Å². The Balaban J connectivity index is 1.26. The number of carbonyl (C=O) groups is 3. The first-order valence-corrected chi connectivity index (χ1v) is 10.7. The van der Waals surface area contributed by atoms with Crippen molar-refractivity contribution in [3.05, 3.63) is 66.2 Å². The molecule has 2 aromatic rings. The molecule has 1 N–H and O–H groups in total. The van der Waals surface area contributed by atoms with Gasteiger partial charge in [-0.25, -0.2) is 4.90 Å². The van der Waals surface area contributed by atoms with Crippen molar-refractivity contribution >= 4 is 29.1 Å². The fourth-order valence-corrected chi connectivity index (χ4v) is 5.88. The van der Waals surface area contributed by atoms with Crippen molar-refractivity contribution in [2.24, 2.45) is 35.5 Å². The number of amides is 3. The average molecular weight is 414 g/mol. The number of nitrogens with one attached hydrogen (secondary N) is 1. The second-order valence-electron chi connectivity index (χ2n) is 8.90. The normalized spacial score (nSPS) is 32.0. The van der Waals surface area contributed by atoms with Gasteiger partial charge in [-0.1, -0.05) is 18.2 Å². The smallest absolute Gasteiger partial charge is 0.255 e. The summed E-state index contributed by atoms with van der Waals surface area (Å²) in [7, 11) is 1.58. The molecule has 3 amide bonds. The van der Waals surface area contributed by atoms with Crippen molar-refractivity contribution in [3.63, 3.8) is 0 Å². The van der Waals surface area contributed by atoms with Crippen LogP contribution in [0.3, 0.4) is 0 Å². The molecule has 2 bridgehead atoms. The Bertz CT molecular complexity index is 1100. The fourth-order valence-electron chi connectivity index (χ4n) is 5.88. The topological polar surface area (TPSA) is 75.7 Å². The van der Waals surface area contributed by atoms with Gasteiger partial charge in [0.15, 0.2) is 0 Å². The highest BCUT2D eigenvalue weighted by molar-refractivity contribution is 6.23. The quantitative estimate of drug-likeness (QED) is 0.614. The second-order valence-corrected chi connectivity index (χ2v) is 8.90. The summed E-state index contributed by atoms with van der Waals surface area (Å²) in [6.45, 7) is 0. The molecule has 0 spiro atoms. The molecule has 156 valence electrons. The molecular formula is C25H22N2O4. The Labute approximate surface area is 179 Å². The van der Waals surface area contributed by atoms with E-state index in [9.17, 15) is 14.4 Å². The van der Waals surface area contributed by atoms with Crippen LogP contribution in [0, 0.1) is 35.5 Å². The summed E-state index contributed by atoms with van der Waals surface area (Å²) >= 11 is 0. The zero-order valence-corrected chi connectivity index (χ0v) is 17.0. The molecule has 0 unspecified atom stereocenters. The lowest BCUT2D eigenvalue weighted by Crippen LogP contribution is -2.40. The summed E-state index contributed by atoms with van der Waals surface area (Å²) < 4.78 is 5.13. The first kappa shape index (κ1) is 18.4. The molecule has 0 aromatic heterocycles. The molecule has 6 atom stereocenters. The minimum absolute atomic E-state index is 0.118. The van der Waals surface area contributed by atoms with Crippen molar-refractivity contribution in [3.8, 4) is 5.75 Å². The van der Waals surface area contributed by atoms with E-state index in [1.807, 2.05) is 0 Å². The molecular weight excluding hydrogens is 392 g/mol. The molecule has 3 fully saturated rings. The highest BCUT2D eigenvalue weighted by Crippen LogP contribution is 2.65. The zero-order valence-electron chi connectivity index (χ0n) is 17.0. The first-order valence-electron chi connectivity index (χ1n) is 10.7. The van der Waals surface area contributed by atoms with E-state index in [0.717, 1.165) is 6.42 Å². The van der Waals surface area contributed by atoms with Gasteiger partial charge >= 0.3 is 0 Å². The van der Waals surface area contributed by atoms with E-state index in [1.54, 1.807) is 55.6 Å². The molecule has 6 heteroatoms. The number of anilines is 2. The summed E-state index contributed by atoms with van der Waals surface area (Å²) in [5.41, 5.74) is 1.50. The molecule has 7 rings (SSSR count). The lowest BCUT2D eigenvalue weighted by atomic mass is 9.63. The molecule has 4 aliphatic carbocycles. The Morgan fingerprint density at radius 3 is 2.23 bits per heavy atom. The van der Waals surface area contributed by atoms with Crippen LogP contribution in [0.25, 0.3) is 0 Å². The van der Waals surface area contributed by atoms with Gasteiger partial charge in [-0.15, -0.1) is 0 Å². The third-order valence-electron chi connectivity index (χ3n) is 7.38. The van der Waals surface area contributed by atoms with Gasteiger partial charge in [0.1, 0.15) is 5.75 Å². The van der Waals surface area contributed by atoms with E-state index in [0.29, 0.717) is 34.5 Å². The maximum atomic E-state index is 13.3. The van der Waals surface area contributed by atoms with Crippen LogP contribution in [-0.4, -0.2) is 24.8 Å². The molecule has 0 radical (unpaired) electrons. The van der Waals surface area contributed by atoms with E-state index >= 15 is 0 Å². The van der Waals surface area contributed by atoms with Gasteiger partial charge in [0.2, 0.25) is 11.8 Å². The average Bonchev–Trinajstić information content (AvgIpc) is 3.57. The lowest BCUT2D eigenvalue weighted by molar-refractivity contribution is -0.124. The number of ether oxygens (including phenoxy) is 1. The summed E-state index contributed by atoms with van der Waals surface area (Å²) in [5.74, 6) is 1.17. The first-order chi connectivity index (χ1) is 15.1. The molecule has 5 aliphatic rings. The molecule has 1 aliphatic heterocycles. The summed E-state index contributed by atoms with van der Waals surface area (Å²) in [5, 5.41) is 2.84. The van der Waals surface area contributed by atoms with Crippen molar-refractivity contribution in [2.45, 2.75) is 6.42 Å². The van der Waals surface area contributed by atoms with Crippen LogP contribution in [-0.2, 0) is 9.59 Å². The van der Waals surface area contributed by atoms with Gasteiger partial charge in [-0.3, -0.25) is 14.4 Å². The minimum atomic E-state index is -0.300. The minimum Gasteiger partial charge on any atom is -0.497 e. The number of allylic oxidation sites excluding steroid dienone is 2. The third-order valence-corrected chi connectivity index (χ3v) is 7.38. The number of rotatable bonds is 4. The summed E-state index contributed by atoms with van der Waals surface area (Å²) in [6, 6.07) is 13.8. The number of benzene rings is 2. The van der Waals surface area contributed by atoms with Gasteiger partial charge in [0.25, 0.3) is 5.91 Å². The number of methoxy groups -OCH3 is 1. The summed E-state index contributed by atoms with van der Waals surface area (Å²) in [6.07, 6.45) is 5.46. The van der Waals surface area contributed by atoms with Crippen molar-refractivity contribution < 1.29 is 19.1 Å².